The van der Waals surface area contributed by atoms with Crippen molar-refractivity contribution in [3.8, 4) is 0 Å². The van der Waals surface area contributed by atoms with Gasteiger partial charge in [-0.25, -0.2) is 8.42 Å². The van der Waals surface area contributed by atoms with Crippen molar-refractivity contribution < 1.29 is 13.2 Å². The Kier molecular flexibility index (Phi) is 2.03. The summed E-state index contributed by atoms with van der Waals surface area (Å²) in [7, 11) is -3.44. The van der Waals surface area contributed by atoms with Crippen molar-refractivity contribution >= 4 is 15.9 Å². The van der Waals surface area contributed by atoms with Gasteiger partial charge in [-0.05, 0) is 12.8 Å². The van der Waals surface area contributed by atoms with Crippen LogP contribution in [-0.2, 0) is 14.8 Å². The van der Waals surface area contributed by atoms with Gasteiger partial charge in [-0.2, -0.15) is 0 Å². The van der Waals surface area contributed by atoms with Gasteiger partial charge in [0.15, 0.2) is 0 Å². The Bertz CT molecular complexity index is 289. The van der Waals surface area contributed by atoms with E-state index in [1.165, 1.54) is 0 Å². The summed E-state index contributed by atoms with van der Waals surface area (Å²) in [5.41, 5.74) is 0. The van der Waals surface area contributed by atoms with E-state index in [0.29, 0.717) is 12.8 Å². The van der Waals surface area contributed by atoms with Crippen LogP contribution in [0.5, 0.6) is 0 Å². The van der Waals surface area contributed by atoms with E-state index >= 15 is 0 Å². The van der Waals surface area contributed by atoms with Crippen LogP contribution in [0.4, 0.5) is 0 Å². The van der Waals surface area contributed by atoms with Crippen molar-refractivity contribution in [2.75, 3.05) is 0 Å². The molecule has 1 aliphatic carbocycles. The lowest BCUT2D eigenvalue weighted by Gasteiger charge is -1.87. The van der Waals surface area contributed by atoms with Crippen LogP contribution in [0.3, 0.4) is 0 Å². The zero-order chi connectivity index (χ0) is 8.48. The Hall–Kier alpha value is -0.780. The Morgan fingerprint density at radius 2 is 2.00 bits per heavy atom. The first-order valence-electron chi connectivity index (χ1n) is 3.20. The van der Waals surface area contributed by atoms with Gasteiger partial charge in [0.25, 0.3) is 15.9 Å². The first-order valence-corrected chi connectivity index (χ1v) is 4.70. The lowest BCUT2D eigenvalue weighted by molar-refractivity contribution is -0.116. The fraction of sp³-hybridized carbons (Fsp3) is 0.800. The summed E-state index contributed by atoms with van der Waals surface area (Å²) in [6.07, 6.45) is 1.28. The van der Waals surface area contributed by atoms with Crippen LogP contribution in [0.1, 0.15) is 19.8 Å². The molecule has 0 saturated heterocycles. The smallest absolute Gasteiger partial charge is 0.271 e. The van der Waals surface area contributed by atoms with Crippen molar-refractivity contribution in [1.82, 2.24) is 0 Å². The Labute approximate surface area is 64.6 Å². The van der Waals surface area contributed by atoms with E-state index in [1.54, 1.807) is 0 Å². The summed E-state index contributed by atoms with van der Waals surface area (Å²) in [6.45, 7) is 1.16. The zero-order valence-corrected chi connectivity index (χ0v) is 6.84. The molecule has 1 rings (SSSR count). The van der Waals surface area contributed by atoms with Crippen molar-refractivity contribution in [1.29, 1.82) is 0 Å². The minimum Gasteiger partial charge on any atom is -0.271 e. The molecule has 0 atom stereocenters. The van der Waals surface area contributed by atoms with Crippen molar-refractivity contribution in [3.63, 3.8) is 0 Å². The Morgan fingerprint density at radius 1 is 1.45 bits per heavy atom. The molecule has 0 N–H and O–H groups in total. The zero-order valence-electron chi connectivity index (χ0n) is 6.02. The number of amides is 1. The second-order valence-electron chi connectivity index (χ2n) is 2.41. The average Bonchev–Trinajstić information content (AvgIpc) is 2.64. The van der Waals surface area contributed by atoms with E-state index < -0.39 is 15.9 Å². The molecule has 5 nitrogen and oxygen atoms in total. The van der Waals surface area contributed by atoms with Crippen LogP contribution in [0, 0.1) is 0 Å². The van der Waals surface area contributed by atoms with E-state index in [-0.39, 0.29) is 5.25 Å². The quantitative estimate of drug-likeness (QED) is 0.574. The Balaban J connectivity index is 2.67. The maximum Gasteiger partial charge on any atom is 0.273 e. The molecule has 1 aliphatic rings. The molecule has 11 heavy (non-hydrogen) atoms. The molecular formula is C5H8N2O3S. The standard InChI is InChI=1S/C5H8N2O3S/c1-4(8)6-7-11(9,10)5-2-3-5/h5H,2-3H2,1H3. The number of sulfonamides is 1. The highest BCUT2D eigenvalue weighted by atomic mass is 32.2. The van der Waals surface area contributed by atoms with Crippen LogP contribution in [0.25, 0.3) is 0 Å². The van der Waals surface area contributed by atoms with Gasteiger partial charge in [0.1, 0.15) is 0 Å². The minimum absolute atomic E-state index is 0.384. The fourth-order valence-electron chi connectivity index (χ4n) is 0.547. The molecule has 1 fully saturated rings. The van der Waals surface area contributed by atoms with E-state index in [1.807, 2.05) is 0 Å². The summed E-state index contributed by atoms with van der Waals surface area (Å²) in [6, 6.07) is 0. The lowest BCUT2D eigenvalue weighted by Crippen LogP contribution is -2.01. The molecular weight excluding hydrogens is 168 g/mol. The molecule has 1 saturated carbocycles. The summed E-state index contributed by atoms with van der Waals surface area (Å²) < 4.78 is 24.7. The van der Waals surface area contributed by atoms with Crippen molar-refractivity contribution in [2.45, 2.75) is 25.0 Å². The van der Waals surface area contributed by atoms with Crippen molar-refractivity contribution in [3.05, 3.63) is 0 Å². The summed E-state index contributed by atoms with van der Waals surface area (Å²) in [5, 5.41) is 2.57. The molecule has 0 unspecified atom stereocenters. The van der Waals surface area contributed by atoms with Gasteiger partial charge in [0.05, 0.1) is 5.25 Å². The highest BCUT2D eigenvalue weighted by molar-refractivity contribution is 7.90. The van der Waals surface area contributed by atoms with E-state index in [0.717, 1.165) is 6.92 Å². The predicted octanol–water partition coefficient (Wildman–Crippen LogP) is 0.477. The summed E-state index contributed by atoms with van der Waals surface area (Å²) >= 11 is 0. The van der Waals surface area contributed by atoms with Gasteiger partial charge in [-0.1, -0.05) is 4.52 Å². The first kappa shape index (κ1) is 8.32. The average molecular weight is 176 g/mol. The van der Waals surface area contributed by atoms with Crippen LogP contribution < -0.4 is 0 Å². The largest absolute Gasteiger partial charge is 0.273 e. The molecule has 0 aromatic heterocycles. The summed E-state index contributed by atoms with van der Waals surface area (Å²) in [5.74, 6) is -0.589. The second-order valence-corrected chi connectivity index (χ2v) is 4.27. The third kappa shape index (κ3) is 2.38. The number of rotatable bonds is 2. The van der Waals surface area contributed by atoms with E-state index in [9.17, 15) is 13.2 Å². The van der Waals surface area contributed by atoms with Crippen LogP contribution in [-0.4, -0.2) is 19.6 Å². The maximum absolute atomic E-state index is 10.9. The second kappa shape index (κ2) is 2.69. The highest BCUT2D eigenvalue weighted by Gasteiger charge is 2.35. The maximum atomic E-state index is 10.9. The van der Waals surface area contributed by atoms with Gasteiger partial charge in [0, 0.05) is 6.92 Å². The molecule has 0 aromatic carbocycles. The number of hydrogen-bond donors (Lipinski definition) is 0. The number of carbonyl (C=O) groups is 1. The van der Waals surface area contributed by atoms with Crippen LogP contribution >= 0.6 is 0 Å². The topological polar surface area (TPSA) is 75.9 Å². The molecule has 0 heterocycles. The number of nitrogens with zero attached hydrogens (tertiary/aromatic N) is 2. The number of hydrogen-bond acceptors (Lipinski definition) is 3. The normalized spacial score (nSPS) is 19.0. The van der Waals surface area contributed by atoms with Gasteiger partial charge >= 0.3 is 0 Å². The lowest BCUT2D eigenvalue weighted by atomic mass is 10.8. The molecule has 1 amide bonds. The Morgan fingerprint density at radius 3 is 2.36 bits per heavy atom. The van der Waals surface area contributed by atoms with Crippen molar-refractivity contribution in [2.24, 2.45) is 9.63 Å². The van der Waals surface area contributed by atoms with Gasteiger partial charge in [-0.15, -0.1) is 5.11 Å². The third-order valence-electron chi connectivity index (χ3n) is 1.24. The third-order valence-corrected chi connectivity index (χ3v) is 2.86. The molecule has 62 valence electrons. The molecule has 6 heteroatoms. The molecule has 0 bridgehead atoms. The molecule has 0 aromatic rings. The van der Waals surface area contributed by atoms with Gasteiger partial charge in [0.2, 0.25) is 0 Å². The monoisotopic (exact) mass is 176 g/mol. The number of carbonyl (C=O) groups excluding carboxylic acids is 1. The van der Waals surface area contributed by atoms with Crippen LogP contribution in [0.2, 0.25) is 0 Å². The fourth-order valence-corrected chi connectivity index (χ4v) is 1.64. The van der Waals surface area contributed by atoms with E-state index in [4.69, 9.17) is 0 Å². The van der Waals surface area contributed by atoms with Gasteiger partial charge in [-0.3, -0.25) is 4.79 Å². The predicted molar refractivity (Wildman–Crippen MR) is 37.5 cm³/mol. The SMILES string of the molecule is CC(=O)N=NS(=O)(=O)C1CC1. The first-order chi connectivity index (χ1) is 5.02. The molecule has 0 aliphatic heterocycles. The van der Waals surface area contributed by atoms with Crippen LogP contribution in [0.15, 0.2) is 9.63 Å². The molecule has 0 spiro atoms. The van der Waals surface area contributed by atoms with Gasteiger partial charge < -0.3 is 0 Å². The van der Waals surface area contributed by atoms with E-state index in [2.05, 4.69) is 9.63 Å². The minimum atomic E-state index is -3.44. The summed E-state index contributed by atoms with van der Waals surface area (Å²) in [4.78, 5) is 10.2. The molecule has 0 radical (unpaired) electrons. The highest BCUT2D eigenvalue weighted by Crippen LogP contribution is 2.29.